The molecule has 0 saturated carbocycles. The van der Waals surface area contributed by atoms with Gasteiger partial charge in [-0.3, -0.25) is 0 Å². The van der Waals surface area contributed by atoms with Gasteiger partial charge in [-0.2, -0.15) is 0 Å². The Morgan fingerprint density at radius 2 is 1.83 bits per heavy atom. The van der Waals surface area contributed by atoms with Crippen LogP contribution in [0.2, 0.25) is 0 Å². The van der Waals surface area contributed by atoms with E-state index in [9.17, 15) is 0 Å². The van der Waals surface area contributed by atoms with E-state index in [1.165, 1.54) is 33.4 Å². The highest BCUT2D eigenvalue weighted by molar-refractivity contribution is 5.77. The van der Waals surface area contributed by atoms with E-state index in [0.717, 1.165) is 6.42 Å². The van der Waals surface area contributed by atoms with Crippen LogP contribution in [-0.4, -0.2) is 0 Å². The van der Waals surface area contributed by atoms with Crippen LogP contribution < -0.4 is 5.73 Å². The molecule has 3 rings (SSSR count). The highest BCUT2D eigenvalue weighted by atomic mass is 14.5. The Labute approximate surface area is 108 Å². The van der Waals surface area contributed by atoms with Crippen LogP contribution in [0.4, 0.5) is 0 Å². The van der Waals surface area contributed by atoms with Gasteiger partial charge < -0.3 is 5.73 Å². The summed E-state index contributed by atoms with van der Waals surface area (Å²) in [5.74, 6) is 0. The monoisotopic (exact) mass is 235 g/mol. The summed E-state index contributed by atoms with van der Waals surface area (Å²) in [5.41, 5.74) is 13.7. The molecule has 0 atom stereocenters. The van der Waals surface area contributed by atoms with Gasteiger partial charge in [-0.15, -0.1) is 0 Å². The summed E-state index contributed by atoms with van der Waals surface area (Å²) in [5, 5.41) is 0. The van der Waals surface area contributed by atoms with Gasteiger partial charge in [0.05, 0.1) is 0 Å². The summed E-state index contributed by atoms with van der Waals surface area (Å²) < 4.78 is 0. The van der Waals surface area contributed by atoms with Crippen molar-refractivity contribution in [3.8, 4) is 11.1 Å². The van der Waals surface area contributed by atoms with Crippen molar-refractivity contribution < 1.29 is 0 Å². The van der Waals surface area contributed by atoms with Crippen molar-refractivity contribution in [3.05, 3.63) is 64.7 Å². The molecule has 2 N–H and O–H groups in total. The van der Waals surface area contributed by atoms with E-state index < -0.39 is 0 Å². The molecule has 0 amide bonds. The Hall–Kier alpha value is -1.86. The van der Waals surface area contributed by atoms with E-state index in [-0.39, 0.29) is 0 Å². The molecule has 2 aromatic rings. The number of rotatable bonds is 2. The summed E-state index contributed by atoms with van der Waals surface area (Å²) in [7, 11) is 0. The molecule has 1 nitrogen and oxygen atoms in total. The van der Waals surface area contributed by atoms with Crippen molar-refractivity contribution in [1.82, 2.24) is 0 Å². The lowest BCUT2D eigenvalue weighted by molar-refractivity contribution is 1.07. The van der Waals surface area contributed by atoms with Gasteiger partial charge in [0.25, 0.3) is 0 Å². The zero-order valence-electron chi connectivity index (χ0n) is 10.6. The minimum absolute atomic E-state index is 0.605. The van der Waals surface area contributed by atoms with E-state index in [4.69, 9.17) is 5.73 Å². The average molecular weight is 235 g/mol. The number of nitrogens with two attached hydrogens (primary N) is 1. The Bertz CT molecular complexity index is 606. The summed E-state index contributed by atoms with van der Waals surface area (Å²) in [4.78, 5) is 0. The standard InChI is InChI=1S/C17H17N/c1-12-9-15-3-2-4-16(17(15)10-12)14-7-5-13(11-18)6-8-14/h2-9H,10-11,18H2,1H3. The van der Waals surface area contributed by atoms with Gasteiger partial charge in [0.15, 0.2) is 0 Å². The van der Waals surface area contributed by atoms with E-state index >= 15 is 0 Å². The number of hydrogen-bond acceptors (Lipinski definition) is 1. The molecule has 0 aliphatic heterocycles. The predicted molar refractivity (Wildman–Crippen MR) is 77.1 cm³/mol. The van der Waals surface area contributed by atoms with Gasteiger partial charge in [0.1, 0.15) is 0 Å². The summed E-state index contributed by atoms with van der Waals surface area (Å²) in [6.07, 6.45) is 3.36. The van der Waals surface area contributed by atoms with Gasteiger partial charge in [-0.25, -0.2) is 0 Å². The third kappa shape index (κ3) is 1.87. The van der Waals surface area contributed by atoms with Crippen LogP contribution >= 0.6 is 0 Å². The fourth-order valence-corrected chi connectivity index (χ4v) is 2.62. The van der Waals surface area contributed by atoms with Crippen LogP contribution in [0.1, 0.15) is 23.6 Å². The number of allylic oxidation sites excluding steroid dienone is 1. The van der Waals surface area contributed by atoms with Crippen molar-refractivity contribution in [2.75, 3.05) is 0 Å². The third-order valence-corrected chi connectivity index (χ3v) is 3.57. The zero-order valence-corrected chi connectivity index (χ0v) is 10.6. The molecule has 1 aliphatic carbocycles. The van der Waals surface area contributed by atoms with Crippen LogP contribution in [0.3, 0.4) is 0 Å². The lowest BCUT2D eigenvalue weighted by Gasteiger charge is -2.09. The first kappa shape index (κ1) is 11.2. The molecule has 0 heterocycles. The molecule has 90 valence electrons. The van der Waals surface area contributed by atoms with E-state index in [0.29, 0.717) is 6.54 Å². The minimum Gasteiger partial charge on any atom is -0.326 e. The molecule has 18 heavy (non-hydrogen) atoms. The normalized spacial score (nSPS) is 13.3. The van der Waals surface area contributed by atoms with Crippen molar-refractivity contribution >= 4 is 6.08 Å². The fraction of sp³-hybridized carbons (Fsp3) is 0.176. The predicted octanol–water partition coefficient (Wildman–Crippen LogP) is 3.77. The van der Waals surface area contributed by atoms with Gasteiger partial charge >= 0.3 is 0 Å². The molecule has 0 aromatic heterocycles. The van der Waals surface area contributed by atoms with E-state index in [1.807, 2.05) is 0 Å². The van der Waals surface area contributed by atoms with Crippen molar-refractivity contribution in [3.63, 3.8) is 0 Å². The van der Waals surface area contributed by atoms with Crippen LogP contribution in [0, 0.1) is 0 Å². The summed E-state index contributed by atoms with van der Waals surface area (Å²) in [6.45, 7) is 2.80. The van der Waals surface area contributed by atoms with Crippen LogP contribution in [0.25, 0.3) is 17.2 Å². The number of fused-ring (bicyclic) bond motifs is 1. The molecule has 1 heteroatoms. The van der Waals surface area contributed by atoms with Crippen molar-refractivity contribution in [2.45, 2.75) is 19.9 Å². The van der Waals surface area contributed by atoms with Gasteiger partial charge in [0.2, 0.25) is 0 Å². The molecule has 1 aliphatic rings. The second kappa shape index (κ2) is 4.43. The second-order valence-electron chi connectivity index (χ2n) is 4.94. The highest BCUT2D eigenvalue weighted by Crippen LogP contribution is 2.33. The minimum atomic E-state index is 0.605. The Balaban J connectivity index is 2.06. The van der Waals surface area contributed by atoms with Gasteiger partial charge in [0, 0.05) is 6.54 Å². The first-order valence-electron chi connectivity index (χ1n) is 6.36. The molecular weight excluding hydrogens is 218 g/mol. The Morgan fingerprint density at radius 1 is 1.06 bits per heavy atom. The maximum absolute atomic E-state index is 5.64. The molecule has 0 bridgehead atoms. The third-order valence-electron chi connectivity index (χ3n) is 3.57. The molecule has 2 aromatic carbocycles. The number of hydrogen-bond donors (Lipinski definition) is 1. The second-order valence-corrected chi connectivity index (χ2v) is 4.94. The first-order valence-corrected chi connectivity index (χ1v) is 6.36. The topological polar surface area (TPSA) is 26.0 Å². The molecule has 0 saturated heterocycles. The largest absolute Gasteiger partial charge is 0.326 e. The SMILES string of the molecule is CC1=Cc2cccc(-c3ccc(CN)cc3)c2C1. The van der Waals surface area contributed by atoms with Gasteiger partial charge in [-0.05, 0) is 41.2 Å². The lowest BCUT2D eigenvalue weighted by atomic mass is 9.95. The fourth-order valence-electron chi connectivity index (χ4n) is 2.62. The van der Waals surface area contributed by atoms with Crippen molar-refractivity contribution in [1.29, 1.82) is 0 Å². The first-order chi connectivity index (χ1) is 8.78. The Kier molecular flexibility index (Phi) is 2.77. The zero-order chi connectivity index (χ0) is 12.5. The van der Waals surface area contributed by atoms with E-state index in [1.54, 1.807) is 0 Å². The van der Waals surface area contributed by atoms with E-state index in [2.05, 4.69) is 55.5 Å². The van der Waals surface area contributed by atoms with Crippen LogP contribution in [0.15, 0.2) is 48.0 Å². The van der Waals surface area contributed by atoms with Crippen LogP contribution in [0.5, 0.6) is 0 Å². The maximum atomic E-state index is 5.64. The molecule has 0 fully saturated rings. The maximum Gasteiger partial charge on any atom is 0.0178 e. The smallest absolute Gasteiger partial charge is 0.0178 e. The lowest BCUT2D eigenvalue weighted by Crippen LogP contribution is -1.95. The summed E-state index contributed by atoms with van der Waals surface area (Å²) in [6, 6.07) is 15.1. The highest BCUT2D eigenvalue weighted by Gasteiger charge is 2.14. The van der Waals surface area contributed by atoms with Crippen LogP contribution in [-0.2, 0) is 13.0 Å². The molecular formula is C17H17N. The Morgan fingerprint density at radius 3 is 2.56 bits per heavy atom. The summed E-state index contributed by atoms with van der Waals surface area (Å²) >= 11 is 0. The van der Waals surface area contributed by atoms with Gasteiger partial charge in [-0.1, -0.05) is 54.1 Å². The molecule has 0 radical (unpaired) electrons. The molecule has 0 spiro atoms. The average Bonchev–Trinajstić information content (AvgIpc) is 2.79. The number of benzene rings is 2. The quantitative estimate of drug-likeness (QED) is 0.842. The molecule has 0 unspecified atom stereocenters. The van der Waals surface area contributed by atoms with Crippen molar-refractivity contribution in [2.24, 2.45) is 5.73 Å².